The molecule has 26 heteroatoms. The number of phenols is 1. The van der Waals surface area contributed by atoms with E-state index in [0.717, 1.165) is 0 Å². The Hall–Kier alpha value is -7.38. The maximum Gasteiger partial charge on any atom is 0.326 e. The van der Waals surface area contributed by atoms with Crippen LogP contribution in [0, 0.1) is 23.7 Å². The predicted molar refractivity (Wildman–Crippen MR) is 268 cm³/mol. The van der Waals surface area contributed by atoms with Crippen molar-refractivity contribution in [2.45, 2.75) is 174 Å². The van der Waals surface area contributed by atoms with Gasteiger partial charge in [-0.05, 0) is 74.0 Å². The first kappa shape index (κ1) is 65.6. The minimum Gasteiger partial charge on any atom is -0.508 e. The average Bonchev–Trinajstić information content (AvgIpc) is 3.29. The number of benzene rings is 1. The van der Waals surface area contributed by atoms with Gasteiger partial charge in [-0.15, -0.1) is 0 Å². The number of carboxylic acids is 4. The standard InChI is InChI=1S/C49H77N9O17/c1-10-26(8)40(58-47(72)35(22-39(64)65)56-46(71)34(20-28-11-13-29(59)14-12-28)54-42(67)30(50)21-38(62)63)48(73)51-27(9)41(66)53-32(17-23(2)3)45(70)55-33(18-24(4)5)44(69)52-31(15-16-37(60)61)43(68)57-36(49(74)75)19-25(6)7/h11-14,23-27,30-36,40,59H,10,15-22,50H2,1-9H3,(H,51,73)(H,52,69)(H,53,66)(H,54,67)(H,55,70)(H,56,71)(H,57,68)(H,58,72)(H,60,61)(H,62,63)(H,64,65)(H,74,75)/t26-,27-,30-,31-,32-,33-,34-,35-,36-,40-/m0/s1. The zero-order valence-electron chi connectivity index (χ0n) is 43.9. The van der Waals surface area contributed by atoms with Crippen LogP contribution in [0.5, 0.6) is 5.75 Å². The number of phenolic OH excluding ortho intramolecular Hbond substituents is 1. The smallest absolute Gasteiger partial charge is 0.326 e. The van der Waals surface area contributed by atoms with E-state index in [1.165, 1.54) is 31.2 Å². The first-order chi connectivity index (χ1) is 34.8. The number of carbonyl (C=O) groups is 12. The normalized spacial score (nSPS) is 15.2. The SMILES string of the molecule is CC[C@H](C)[C@H](NC(=O)[C@H](CC(=O)O)NC(=O)[C@H](Cc1ccc(O)cc1)NC(=O)[C@@H](N)CC(=O)O)C(=O)N[C@@H](C)C(=O)N[C@@H](CC(C)C)C(=O)N[C@@H](CC(C)C)C(=O)N[C@@H](CCC(=O)O)C(=O)N[C@@H](CC(C)C)C(=O)O. The van der Waals surface area contributed by atoms with Crippen LogP contribution in [0.1, 0.15) is 119 Å². The van der Waals surface area contributed by atoms with E-state index in [1.807, 2.05) is 0 Å². The van der Waals surface area contributed by atoms with Gasteiger partial charge in [-0.1, -0.05) is 73.9 Å². The average molecular weight is 1060 g/mol. The van der Waals surface area contributed by atoms with Crippen LogP contribution in [0.2, 0.25) is 0 Å². The van der Waals surface area contributed by atoms with Gasteiger partial charge < -0.3 is 73.8 Å². The third kappa shape index (κ3) is 24.9. The zero-order valence-corrected chi connectivity index (χ0v) is 43.9. The molecule has 15 N–H and O–H groups in total. The topological polar surface area (TPSA) is 428 Å². The molecular weight excluding hydrogens is 987 g/mol. The fourth-order valence-corrected chi connectivity index (χ4v) is 7.37. The molecule has 0 aromatic heterocycles. The monoisotopic (exact) mass is 1060 g/mol. The Balaban J connectivity index is 3.38. The summed E-state index contributed by atoms with van der Waals surface area (Å²) >= 11 is 0. The van der Waals surface area contributed by atoms with Crippen LogP contribution in [0.4, 0.5) is 0 Å². The minimum absolute atomic E-state index is 0.00469. The molecule has 0 aliphatic heterocycles. The van der Waals surface area contributed by atoms with Crippen LogP contribution < -0.4 is 48.3 Å². The van der Waals surface area contributed by atoms with Gasteiger partial charge >= 0.3 is 23.9 Å². The van der Waals surface area contributed by atoms with Gasteiger partial charge in [0.1, 0.15) is 54.1 Å². The number of rotatable bonds is 34. The number of nitrogens with two attached hydrogens (primary N) is 1. The van der Waals surface area contributed by atoms with Crippen LogP contribution in [-0.4, -0.2) is 151 Å². The van der Waals surface area contributed by atoms with E-state index in [-0.39, 0.29) is 55.6 Å². The number of amides is 8. The third-order valence-corrected chi connectivity index (χ3v) is 11.6. The predicted octanol–water partition coefficient (Wildman–Crippen LogP) is -0.757. The Morgan fingerprint density at radius 2 is 0.880 bits per heavy atom. The van der Waals surface area contributed by atoms with Gasteiger partial charge in [0.15, 0.2) is 0 Å². The molecule has 75 heavy (non-hydrogen) atoms. The fraction of sp³-hybridized carbons (Fsp3) is 0.633. The third-order valence-electron chi connectivity index (χ3n) is 11.6. The second-order valence-electron chi connectivity index (χ2n) is 19.8. The van der Waals surface area contributed by atoms with Crippen molar-refractivity contribution in [1.82, 2.24) is 42.5 Å². The number of aliphatic carboxylic acids is 4. The molecule has 1 rings (SSSR count). The Labute approximate surface area is 435 Å². The van der Waals surface area contributed by atoms with Crippen LogP contribution in [-0.2, 0) is 64.0 Å². The van der Waals surface area contributed by atoms with Crippen LogP contribution in [0.15, 0.2) is 24.3 Å². The molecule has 0 unspecified atom stereocenters. The van der Waals surface area contributed by atoms with E-state index >= 15 is 0 Å². The molecule has 0 aliphatic carbocycles. The summed E-state index contributed by atoms with van der Waals surface area (Å²) < 4.78 is 0. The van der Waals surface area contributed by atoms with Gasteiger partial charge in [0, 0.05) is 12.8 Å². The summed E-state index contributed by atoms with van der Waals surface area (Å²) in [5.41, 5.74) is 6.08. The summed E-state index contributed by atoms with van der Waals surface area (Å²) in [7, 11) is 0. The Morgan fingerprint density at radius 3 is 1.35 bits per heavy atom. The zero-order chi connectivity index (χ0) is 57.4. The summed E-state index contributed by atoms with van der Waals surface area (Å²) in [5, 5.41) is 67.1. The molecule has 8 amide bonds. The molecule has 0 radical (unpaired) electrons. The fourth-order valence-electron chi connectivity index (χ4n) is 7.37. The van der Waals surface area contributed by atoms with Crippen molar-refractivity contribution in [2.75, 3.05) is 0 Å². The molecule has 0 heterocycles. The van der Waals surface area contributed by atoms with E-state index in [2.05, 4.69) is 42.5 Å². The molecule has 0 saturated carbocycles. The van der Waals surface area contributed by atoms with Gasteiger partial charge in [0.05, 0.1) is 18.9 Å². The highest BCUT2D eigenvalue weighted by molar-refractivity contribution is 5.99. The number of carboxylic acid groups (broad SMARTS) is 4. The van der Waals surface area contributed by atoms with Gasteiger partial charge in [-0.2, -0.15) is 0 Å². The maximum absolute atomic E-state index is 14.0. The van der Waals surface area contributed by atoms with E-state index in [4.69, 9.17) is 10.8 Å². The van der Waals surface area contributed by atoms with E-state index in [0.29, 0.717) is 5.56 Å². The summed E-state index contributed by atoms with van der Waals surface area (Å²) in [6, 6.07) is -8.01. The molecule has 0 bridgehead atoms. The number of aromatic hydroxyl groups is 1. The lowest BCUT2D eigenvalue weighted by Crippen LogP contribution is -2.61. The maximum atomic E-state index is 14.0. The van der Waals surface area contributed by atoms with Gasteiger partial charge in [-0.25, -0.2) is 4.79 Å². The number of carbonyl (C=O) groups excluding carboxylic acids is 8. The second-order valence-corrected chi connectivity index (χ2v) is 19.8. The summed E-state index contributed by atoms with van der Waals surface area (Å²) in [6.45, 7) is 15.0. The molecule has 1 aromatic carbocycles. The quantitative estimate of drug-likeness (QED) is 0.0403. The lowest BCUT2D eigenvalue weighted by atomic mass is 9.97. The highest BCUT2D eigenvalue weighted by atomic mass is 16.4. The van der Waals surface area contributed by atoms with Crippen molar-refractivity contribution < 1.29 is 83.1 Å². The second kappa shape index (κ2) is 32.0. The van der Waals surface area contributed by atoms with Gasteiger partial charge in [-0.3, -0.25) is 52.7 Å². The van der Waals surface area contributed by atoms with Crippen molar-refractivity contribution in [3.8, 4) is 5.75 Å². The molecular formula is C49H77N9O17. The van der Waals surface area contributed by atoms with Crippen LogP contribution in [0.3, 0.4) is 0 Å². The molecule has 0 saturated heterocycles. The van der Waals surface area contributed by atoms with Crippen molar-refractivity contribution in [1.29, 1.82) is 0 Å². The largest absolute Gasteiger partial charge is 0.508 e. The number of hydrogen-bond acceptors (Lipinski definition) is 14. The molecule has 0 fully saturated rings. The highest BCUT2D eigenvalue weighted by Gasteiger charge is 2.36. The van der Waals surface area contributed by atoms with Crippen molar-refractivity contribution in [3.05, 3.63) is 29.8 Å². The van der Waals surface area contributed by atoms with Gasteiger partial charge in [0.2, 0.25) is 47.3 Å². The van der Waals surface area contributed by atoms with Crippen molar-refractivity contribution >= 4 is 71.1 Å². The molecule has 420 valence electrons. The lowest BCUT2D eigenvalue weighted by molar-refractivity contribution is -0.143. The number of hydrogen-bond donors (Lipinski definition) is 14. The molecule has 1 aromatic rings. The highest BCUT2D eigenvalue weighted by Crippen LogP contribution is 2.15. The molecule has 0 spiro atoms. The van der Waals surface area contributed by atoms with E-state index < -0.39 is 157 Å². The van der Waals surface area contributed by atoms with Crippen molar-refractivity contribution in [3.63, 3.8) is 0 Å². The van der Waals surface area contributed by atoms with Crippen LogP contribution in [0.25, 0.3) is 0 Å². The molecule has 0 aliphatic rings. The summed E-state index contributed by atoms with van der Waals surface area (Å²) in [4.78, 5) is 156. The molecule has 26 nitrogen and oxygen atoms in total. The lowest BCUT2D eigenvalue weighted by Gasteiger charge is -2.29. The summed E-state index contributed by atoms with van der Waals surface area (Å²) in [5.74, 6) is -14.8. The first-order valence-corrected chi connectivity index (χ1v) is 24.7. The van der Waals surface area contributed by atoms with Crippen molar-refractivity contribution in [2.24, 2.45) is 29.4 Å². The van der Waals surface area contributed by atoms with E-state index in [1.54, 1.807) is 55.4 Å². The Kier molecular flexibility index (Phi) is 28.0. The minimum atomic E-state index is -1.87. The summed E-state index contributed by atoms with van der Waals surface area (Å²) in [6.07, 6.45) is -2.80. The number of nitrogens with one attached hydrogen (secondary N) is 8. The Morgan fingerprint density at radius 1 is 0.467 bits per heavy atom. The van der Waals surface area contributed by atoms with Crippen LogP contribution >= 0.6 is 0 Å². The van der Waals surface area contributed by atoms with E-state index in [9.17, 15) is 78.0 Å². The van der Waals surface area contributed by atoms with Gasteiger partial charge in [0.25, 0.3) is 0 Å². The first-order valence-electron chi connectivity index (χ1n) is 24.7. The molecule has 10 atom stereocenters. The Bertz CT molecular complexity index is 2170.